The van der Waals surface area contributed by atoms with Crippen LogP contribution in [0.4, 0.5) is 0 Å². The fraction of sp³-hybridized carbons (Fsp3) is 0.538. The van der Waals surface area contributed by atoms with Crippen molar-refractivity contribution in [1.29, 1.82) is 0 Å². The number of nitrogens with zero attached hydrogens (tertiary/aromatic N) is 4. The molecule has 0 saturated carbocycles. The number of hydrogen-bond acceptors (Lipinski definition) is 4. The first-order valence-corrected chi connectivity index (χ1v) is 7.76. The second-order valence-corrected chi connectivity index (χ2v) is 5.76. The molecule has 2 aromatic rings. The van der Waals surface area contributed by atoms with Crippen LogP contribution in [0.3, 0.4) is 0 Å². The van der Waals surface area contributed by atoms with Gasteiger partial charge in [0.05, 0.1) is 18.3 Å². The van der Waals surface area contributed by atoms with Gasteiger partial charge in [-0.25, -0.2) is 9.98 Å². The molecule has 1 aliphatic rings. The standard InChI is InChI=1S/C13H19N5OS.HI/c1-2-14-12(17-4-3-11(19)9-17)15-7-10-8-18-5-6-20-13(18)16-10;/h5-6,8,11,19H,2-4,7,9H2,1H3,(H,14,15);1H/t11-;/m1./s1. The van der Waals surface area contributed by atoms with Crippen molar-refractivity contribution in [2.45, 2.75) is 26.0 Å². The highest BCUT2D eigenvalue weighted by Crippen LogP contribution is 2.13. The van der Waals surface area contributed by atoms with E-state index in [1.807, 2.05) is 22.2 Å². The Bertz CT molecular complexity index is 582. The van der Waals surface area contributed by atoms with E-state index in [0.717, 1.165) is 36.1 Å². The molecule has 0 aliphatic carbocycles. The highest BCUT2D eigenvalue weighted by atomic mass is 127. The number of rotatable bonds is 3. The summed E-state index contributed by atoms with van der Waals surface area (Å²) in [6.07, 6.45) is 4.58. The summed E-state index contributed by atoms with van der Waals surface area (Å²) in [5, 5.41) is 14.9. The number of β-amino-alcohol motifs (C(OH)–C–C–N with tert-alkyl or cyclic N) is 1. The number of hydrogen-bond donors (Lipinski definition) is 2. The number of aliphatic hydroxyl groups excluding tert-OH is 1. The van der Waals surface area contributed by atoms with E-state index >= 15 is 0 Å². The fourth-order valence-corrected chi connectivity index (χ4v) is 3.09. The second-order valence-electron chi connectivity index (χ2n) is 4.88. The molecular formula is C13H20IN5OS. The molecule has 0 bridgehead atoms. The number of thiazole rings is 1. The van der Waals surface area contributed by atoms with Crippen LogP contribution >= 0.6 is 35.3 Å². The smallest absolute Gasteiger partial charge is 0.194 e. The molecule has 6 nitrogen and oxygen atoms in total. The zero-order valence-electron chi connectivity index (χ0n) is 11.9. The maximum atomic E-state index is 9.63. The molecule has 2 N–H and O–H groups in total. The molecule has 0 amide bonds. The fourth-order valence-electron chi connectivity index (χ4n) is 2.37. The number of fused-ring (bicyclic) bond motifs is 1. The van der Waals surface area contributed by atoms with Crippen LogP contribution in [-0.4, -0.2) is 51.1 Å². The zero-order chi connectivity index (χ0) is 13.9. The number of guanidine groups is 1. The SMILES string of the molecule is CCNC(=NCc1cn2ccsc2n1)N1CC[C@@H](O)C1.I. The Kier molecular flexibility index (Phi) is 5.82. The lowest BCUT2D eigenvalue weighted by Crippen LogP contribution is -2.40. The van der Waals surface area contributed by atoms with Crippen LogP contribution in [0, 0.1) is 0 Å². The molecule has 116 valence electrons. The second kappa shape index (κ2) is 7.41. The van der Waals surface area contributed by atoms with Gasteiger partial charge < -0.3 is 15.3 Å². The normalized spacial score (nSPS) is 19.0. The Morgan fingerprint density at radius 2 is 2.48 bits per heavy atom. The van der Waals surface area contributed by atoms with Crippen molar-refractivity contribution < 1.29 is 5.11 Å². The van der Waals surface area contributed by atoms with Gasteiger partial charge in [-0.1, -0.05) is 0 Å². The molecule has 3 heterocycles. The molecule has 1 fully saturated rings. The third-order valence-corrected chi connectivity index (χ3v) is 4.10. The van der Waals surface area contributed by atoms with Gasteiger partial charge in [0, 0.05) is 37.4 Å². The van der Waals surface area contributed by atoms with Gasteiger partial charge in [-0.2, -0.15) is 0 Å². The van der Waals surface area contributed by atoms with Gasteiger partial charge in [-0.15, -0.1) is 35.3 Å². The number of halogens is 1. The molecule has 0 unspecified atom stereocenters. The van der Waals surface area contributed by atoms with Crippen LogP contribution in [0.25, 0.3) is 4.96 Å². The Balaban J connectivity index is 0.00000161. The minimum absolute atomic E-state index is 0. The predicted molar refractivity (Wildman–Crippen MR) is 95.5 cm³/mol. The van der Waals surface area contributed by atoms with E-state index in [2.05, 4.69) is 27.1 Å². The summed E-state index contributed by atoms with van der Waals surface area (Å²) in [4.78, 5) is 12.3. The molecule has 0 aromatic carbocycles. The maximum Gasteiger partial charge on any atom is 0.194 e. The lowest BCUT2D eigenvalue weighted by molar-refractivity contribution is 0.188. The summed E-state index contributed by atoms with van der Waals surface area (Å²) in [5.41, 5.74) is 0.965. The first kappa shape index (κ1) is 16.5. The van der Waals surface area contributed by atoms with Gasteiger partial charge >= 0.3 is 0 Å². The van der Waals surface area contributed by atoms with E-state index in [-0.39, 0.29) is 30.1 Å². The summed E-state index contributed by atoms with van der Waals surface area (Å²) in [6, 6.07) is 0. The average molecular weight is 421 g/mol. The highest BCUT2D eigenvalue weighted by molar-refractivity contribution is 14.0. The predicted octanol–water partition coefficient (Wildman–Crippen LogP) is 1.55. The molecule has 1 atom stereocenters. The Hall–Kier alpha value is -0.870. The van der Waals surface area contributed by atoms with Crippen molar-refractivity contribution >= 4 is 46.2 Å². The van der Waals surface area contributed by atoms with E-state index in [4.69, 9.17) is 0 Å². The summed E-state index contributed by atoms with van der Waals surface area (Å²) >= 11 is 1.62. The lowest BCUT2D eigenvalue weighted by atomic mass is 10.3. The van der Waals surface area contributed by atoms with E-state index in [1.165, 1.54) is 0 Å². The number of imidazole rings is 1. The number of nitrogens with one attached hydrogen (secondary N) is 1. The molecule has 8 heteroatoms. The van der Waals surface area contributed by atoms with E-state index in [1.54, 1.807) is 11.3 Å². The minimum atomic E-state index is -0.239. The van der Waals surface area contributed by atoms with Gasteiger partial charge in [-0.3, -0.25) is 4.40 Å². The molecule has 0 spiro atoms. The van der Waals surface area contributed by atoms with Gasteiger partial charge in [-0.05, 0) is 13.3 Å². The number of aliphatic hydroxyl groups is 1. The van der Waals surface area contributed by atoms with Crippen molar-refractivity contribution in [3.8, 4) is 0 Å². The molecule has 2 aromatic heterocycles. The van der Waals surface area contributed by atoms with Crippen LogP contribution in [0.15, 0.2) is 22.8 Å². The lowest BCUT2D eigenvalue weighted by Gasteiger charge is -2.20. The van der Waals surface area contributed by atoms with Gasteiger partial charge in [0.1, 0.15) is 0 Å². The average Bonchev–Trinajstić information content (AvgIpc) is 3.09. The Morgan fingerprint density at radius 3 is 3.14 bits per heavy atom. The third kappa shape index (κ3) is 3.86. The summed E-state index contributed by atoms with van der Waals surface area (Å²) in [7, 11) is 0. The molecule has 1 saturated heterocycles. The monoisotopic (exact) mass is 421 g/mol. The number of likely N-dealkylation sites (tertiary alicyclic amines) is 1. The third-order valence-electron chi connectivity index (χ3n) is 3.33. The van der Waals surface area contributed by atoms with Crippen molar-refractivity contribution in [1.82, 2.24) is 19.6 Å². The quantitative estimate of drug-likeness (QED) is 0.449. The summed E-state index contributed by atoms with van der Waals surface area (Å²) in [5.74, 6) is 0.861. The van der Waals surface area contributed by atoms with E-state index in [9.17, 15) is 5.11 Å². The largest absolute Gasteiger partial charge is 0.391 e. The van der Waals surface area contributed by atoms with E-state index in [0.29, 0.717) is 13.1 Å². The first-order chi connectivity index (χ1) is 9.76. The summed E-state index contributed by atoms with van der Waals surface area (Å²) < 4.78 is 2.02. The van der Waals surface area contributed by atoms with Crippen molar-refractivity contribution in [2.75, 3.05) is 19.6 Å². The minimum Gasteiger partial charge on any atom is -0.391 e. The van der Waals surface area contributed by atoms with Gasteiger partial charge in [0.15, 0.2) is 10.9 Å². The zero-order valence-corrected chi connectivity index (χ0v) is 15.0. The number of aliphatic imine (C=N–C) groups is 1. The number of aromatic nitrogens is 2. The topological polar surface area (TPSA) is 65.2 Å². The van der Waals surface area contributed by atoms with Crippen molar-refractivity contribution in [3.05, 3.63) is 23.5 Å². The Labute approximate surface area is 144 Å². The van der Waals surface area contributed by atoms with Crippen LogP contribution in [0.5, 0.6) is 0 Å². The van der Waals surface area contributed by atoms with Gasteiger partial charge in [0.2, 0.25) is 0 Å². The van der Waals surface area contributed by atoms with Crippen LogP contribution in [0.1, 0.15) is 19.0 Å². The van der Waals surface area contributed by atoms with Gasteiger partial charge in [0.25, 0.3) is 0 Å². The highest BCUT2D eigenvalue weighted by Gasteiger charge is 2.22. The van der Waals surface area contributed by atoms with Crippen LogP contribution in [0.2, 0.25) is 0 Å². The van der Waals surface area contributed by atoms with Crippen LogP contribution < -0.4 is 5.32 Å². The van der Waals surface area contributed by atoms with E-state index < -0.39 is 0 Å². The summed E-state index contributed by atoms with van der Waals surface area (Å²) in [6.45, 7) is 4.94. The molecule has 3 rings (SSSR count). The maximum absolute atomic E-state index is 9.63. The molecule has 1 aliphatic heterocycles. The molecule has 21 heavy (non-hydrogen) atoms. The first-order valence-electron chi connectivity index (χ1n) is 6.88. The Morgan fingerprint density at radius 1 is 1.62 bits per heavy atom. The van der Waals surface area contributed by atoms with Crippen LogP contribution in [-0.2, 0) is 6.54 Å². The molecule has 0 radical (unpaired) electrons. The van der Waals surface area contributed by atoms with Crippen molar-refractivity contribution in [3.63, 3.8) is 0 Å². The van der Waals surface area contributed by atoms with Crippen molar-refractivity contribution in [2.24, 2.45) is 4.99 Å². The molecular weight excluding hydrogens is 401 g/mol.